The monoisotopic (exact) mass is 867 g/mol. The lowest BCUT2D eigenvalue weighted by molar-refractivity contribution is -0.167. The number of hydrogen-bond acceptors (Lipinski definition) is 6. The Labute approximate surface area is 383 Å². The Hall–Kier alpha value is -2.89. The highest BCUT2D eigenvalue weighted by atomic mass is 16.6. The first kappa shape index (κ1) is 59.1. The highest BCUT2D eigenvalue weighted by Gasteiger charge is 2.19. The summed E-state index contributed by atoms with van der Waals surface area (Å²) in [5.41, 5.74) is 0. The molecule has 358 valence electrons. The maximum absolute atomic E-state index is 12.8. The van der Waals surface area contributed by atoms with Crippen LogP contribution in [0.4, 0.5) is 0 Å². The molecule has 0 heterocycles. The van der Waals surface area contributed by atoms with Gasteiger partial charge in [-0.05, 0) is 64.2 Å². The molecule has 0 aromatic heterocycles. The van der Waals surface area contributed by atoms with Gasteiger partial charge in [-0.15, -0.1) is 0 Å². The SMILES string of the molecule is CC/C=C/C=C/C=C/CCCCCCCC(=O)OC(COC(=O)CCCCCCC/C=C/C=C/CCCCCCCCC)COC(=O)CCCCCCCCCCCCCCC. The van der Waals surface area contributed by atoms with Crippen molar-refractivity contribution in [3.05, 3.63) is 60.8 Å². The molecule has 0 rings (SSSR count). The van der Waals surface area contributed by atoms with E-state index >= 15 is 0 Å². The van der Waals surface area contributed by atoms with Gasteiger partial charge in [-0.1, -0.05) is 236 Å². The van der Waals surface area contributed by atoms with E-state index in [2.05, 4.69) is 81.5 Å². The largest absolute Gasteiger partial charge is 0.462 e. The molecule has 0 aliphatic carbocycles. The Bertz CT molecular complexity index is 1130. The zero-order valence-corrected chi connectivity index (χ0v) is 40.9. The molecule has 6 nitrogen and oxygen atoms in total. The molecule has 0 fully saturated rings. The predicted octanol–water partition coefficient (Wildman–Crippen LogP) is 17.3. The summed E-state index contributed by atoms with van der Waals surface area (Å²) < 4.78 is 16.8. The number of hydrogen-bond donors (Lipinski definition) is 0. The Morgan fingerprint density at radius 1 is 0.339 bits per heavy atom. The first-order chi connectivity index (χ1) is 30.5. The third kappa shape index (κ3) is 48.1. The first-order valence-electron chi connectivity index (χ1n) is 26.3. The van der Waals surface area contributed by atoms with Crippen molar-refractivity contribution in [3.63, 3.8) is 0 Å². The molecular weight excluding hydrogens is 769 g/mol. The third-order valence-corrected chi connectivity index (χ3v) is 11.3. The topological polar surface area (TPSA) is 78.9 Å². The second-order valence-electron chi connectivity index (χ2n) is 17.5. The van der Waals surface area contributed by atoms with Crippen molar-refractivity contribution in [2.45, 2.75) is 264 Å². The van der Waals surface area contributed by atoms with Gasteiger partial charge < -0.3 is 14.2 Å². The van der Waals surface area contributed by atoms with Gasteiger partial charge in [0.1, 0.15) is 13.2 Å². The molecular formula is C56H98O6. The van der Waals surface area contributed by atoms with Crippen LogP contribution in [0.3, 0.4) is 0 Å². The minimum Gasteiger partial charge on any atom is -0.462 e. The van der Waals surface area contributed by atoms with Gasteiger partial charge in [-0.3, -0.25) is 14.4 Å². The number of carbonyl (C=O) groups excluding carboxylic acids is 3. The molecule has 0 aromatic rings. The van der Waals surface area contributed by atoms with Crippen molar-refractivity contribution in [2.75, 3.05) is 13.2 Å². The normalized spacial score (nSPS) is 12.5. The molecule has 0 saturated carbocycles. The summed E-state index contributed by atoms with van der Waals surface area (Å²) in [7, 11) is 0. The summed E-state index contributed by atoms with van der Waals surface area (Å²) in [6.45, 7) is 6.48. The number of ether oxygens (including phenoxy) is 3. The lowest BCUT2D eigenvalue weighted by Crippen LogP contribution is -2.30. The van der Waals surface area contributed by atoms with E-state index in [-0.39, 0.29) is 31.1 Å². The molecule has 0 radical (unpaired) electrons. The minimum absolute atomic E-state index is 0.0860. The Morgan fingerprint density at radius 2 is 0.629 bits per heavy atom. The van der Waals surface area contributed by atoms with E-state index in [0.29, 0.717) is 19.3 Å². The van der Waals surface area contributed by atoms with E-state index in [4.69, 9.17) is 14.2 Å². The van der Waals surface area contributed by atoms with Crippen LogP contribution in [0.1, 0.15) is 258 Å². The molecule has 1 unspecified atom stereocenters. The van der Waals surface area contributed by atoms with Gasteiger partial charge in [0.25, 0.3) is 0 Å². The van der Waals surface area contributed by atoms with Crippen molar-refractivity contribution >= 4 is 17.9 Å². The highest BCUT2D eigenvalue weighted by Crippen LogP contribution is 2.15. The van der Waals surface area contributed by atoms with Crippen LogP contribution in [0.2, 0.25) is 0 Å². The van der Waals surface area contributed by atoms with Crippen molar-refractivity contribution in [1.29, 1.82) is 0 Å². The molecule has 0 saturated heterocycles. The summed E-state index contributed by atoms with van der Waals surface area (Å²) in [4.78, 5) is 38.0. The first-order valence-corrected chi connectivity index (χ1v) is 26.3. The summed E-state index contributed by atoms with van der Waals surface area (Å²) in [5, 5.41) is 0. The molecule has 0 N–H and O–H groups in total. The number of unbranched alkanes of at least 4 members (excludes halogenated alkanes) is 29. The lowest BCUT2D eigenvalue weighted by Gasteiger charge is -2.18. The maximum Gasteiger partial charge on any atom is 0.306 e. The fraction of sp³-hybridized carbons (Fsp3) is 0.768. The van der Waals surface area contributed by atoms with Crippen LogP contribution in [-0.4, -0.2) is 37.2 Å². The predicted molar refractivity (Wildman–Crippen MR) is 265 cm³/mol. The van der Waals surface area contributed by atoms with Crippen LogP contribution in [0.5, 0.6) is 0 Å². The molecule has 6 heteroatoms. The van der Waals surface area contributed by atoms with Crippen LogP contribution in [0.25, 0.3) is 0 Å². The van der Waals surface area contributed by atoms with Crippen LogP contribution >= 0.6 is 0 Å². The lowest BCUT2D eigenvalue weighted by atomic mass is 10.0. The fourth-order valence-electron chi connectivity index (χ4n) is 7.37. The van der Waals surface area contributed by atoms with E-state index in [1.54, 1.807) is 0 Å². The van der Waals surface area contributed by atoms with E-state index in [9.17, 15) is 14.4 Å². The van der Waals surface area contributed by atoms with Gasteiger partial charge in [0, 0.05) is 19.3 Å². The molecule has 0 aliphatic heterocycles. The van der Waals surface area contributed by atoms with E-state index in [1.807, 2.05) is 0 Å². The number of esters is 3. The maximum atomic E-state index is 12.8. The minimum atomic E-state index is -0.788. The van der Waals surface area contributed by atoms with Gasteiger partial charge in [-0.2, -0.15) is 0 Å². The van der Waals surface area contributed by atoms with Crippen molar-refractivity contribution in [3.8, 4) is 0 Å². The second-order valence-corrected chi connectivity index (χ2v) is 17.5. The van der Waals surface area contributed by atoms with Crippen LogP contribution in [0.15, 0.2) is 60.8 Å². The Balaban J connectivity index is 4.40. The van der Waals surface area contributed by atoms with Crippen molar-refractivity contribution < 1.29 is 28.6 Å². The average Bonchev–Trinajstić information content (AvgIpc) is 3.27. The Morgan fingerprint density at radius 3 is 0.984 bits per heavy atom. The molecule has 0 amide bonds. The van der Waals surface area contributed by atoms with Gasteiger partial charge in [-0.25, -0.2) is 0 Å². The smallest absolute Gasteiger partial charge is 0.306 e. The fourth-order valence-corrected chi connectivity index (χ4v) is 7.37. The third-order valence-electron chi connectivity index (χ3n) is 11.3. The Kier molecular flexibility index (Phi) is 48.4. The van der Waals surface area contributed by atoms with Crippen molar-refractivity contribution in [1.82, 2.24) is 0 Å². The zero-order chi connectivity index (χ0) is 45.1. The summed E-state index contributed by atoms with van der Waals surface area (Å²) in [6, 6.07) is 0. The van der Waals surface area contributed by atoms with E-state index in [0.717, 1.165) is 103 Å². The van der Waals surface area contributed by atoms with E-state index < -0.39 is 6.10 Å². The van der Waals surface area contributed by atoms with Crippen LogP contribution < -0.4 is 0 Å². The molecule has 62 heavy (non-hydrogen) atoms. The summed E-state index contributed by atoms with van der Waals surface area (Å²) in [6.07, 6.45) is 62.0. The molecule has 1 atom stereocenters. The van der Waals surface area contributed by atoms with Crippen LogP contribution in [0, 0.1) is 0 Å². The van der Waals surface area contributed by atoms with Crippen LogP contribution in [-0.2, 0) is 28.6 Å². The van der Waals surface area contributed by atoms with E-state index in [1.165, 1.54) is 116 Å². The molecule has 0 aromatic carbocycles. The number of allylic oxidation sites excluding steroid dienone is 10. The standard InChI is InChI=1S/C56H98O6/c1-4-7-10-13-16-19-22-25-26-27-28-29-32-34-37-40-43-46-49-55(58)61-52-53(62-56(59)50-47-44-41-38-35-31-24-21-18-15-12-9-6-3)51-60-54(57)48-45-42-39-36-33-30-23-20-17-14-11-8-5-2/h9,12,15,18,21,24,26-29,53H,4-8,10-11,13-14,16-17,19-20,22-23,25,30-52H2,1-3H3/b12-9+,18-15+,24-21+,27-26+,29-28+. The highest BCUT2D eigenvalue weighted by molar-refractivity contribution is 5.71. The summed E-state index contributed by atoms with van der Waals surface area (Å²) >= 11 is 0. The number of carbonyl (C=O) groups is 3. The quantitative estimate of drug-likeness (QED) is 0.0262. The van der Waals surface area contributed by atoms with Gasteiger partial charge in [0.05, 0.1) is 0 Å². The molecule has 0 spiro atoms. The van der Waals surface area contributed by atoms with Crippen molar-refractivity contribution in [2.24, 2.45) is 0 Å². The zero-order valence-electron chi connectivity index (χ0n) is 40.9. The van der Waals surface area contributed by atoms with Gasteiger partial charge in [0.15, 0.2) is 6.10 Å². The van der Waals surface area contributed by atoms with Gasteiger partial charge in [0.2, 0.25) is 0 Å². The van der Waals surface area contributed by atoms with Gasteiger partial charge >= 0.3 is 17.9 Å². The molecule has 0 aliphatic rings. The second kappa shape index (κ2) is 50.8. The number of rotatable bonds is 47. The average molecular weight is 867 g/mol. The summed E-state index contributed by atoms with van der Waals surface area (Å²) in [5.74, 6) is -0.917. The molecule has 0 bridgehead atoms.